The fourth-order valence-electron chi connectivity index (χ4n) is 1.09. The minimum absolute atomic E-state index is 0.253. The van der Waals surface area contributed by atoms with Gasteiger partial charge in [0, 0.05) is 6.54 Å². The number of aliphatic hydroxyl groups is 1. The Labute approximate surface area is 66.8 Å². The summed E-state index contributed by atoms with van der Waals surface area (Å²) in [6, 6.07) is 0. The molecule has 0 aromatic heterocycles. The van der Waals surface area contributed by atoms with Gasteiger partial charge in [0.15, 0.2) is 0 Å². The van der Waals surface area contributed by atoms with E-state index >= 15 is 0 Å². The zero-order valence-electron chi connectivity index (χ0n) is 6.84. The standard InChI is InChI=1S/C8H15NO2/c1-6(10)8(11)9-5-7-3-2-4-7/h6-7,10H,2-5H2,1H3,(H,9,11). The average Bonchev–Trinajstić information content (AvgIpc) is 1.83. The van der Waals surface area contributed by atoms with E-state index in [9.17, 15) is 4.79 Å². The topological polar surface area (TPSA) is 49.3 Å². The fraction of sp³-hybridized carbons (Fsp3) is 0.875. The maximum absolute atomic E-state index is 10.8. The maximum Gasteiger partial charge on any atom is 0.248 e. The van der Waals surface area contributed by atoms with E-state index in [2.05, 4.69) is 5.32 Å². The van der Waals surface area contributed by atoms with Gasteiger partial charge in [-0.25, -0.2) is 0 Å². The molecule has 3 heteroatoms. The highest BCUT2D eigenvalue weighted by Crippen LogP contribution is 2.24. The van der Waals surface area contributed by atoms with Crippen LogP contribution in [-0.4, -0.2) is 23.7 Å². The molecule has 0 aliphatic heterocycles. The first-order valence-corrected chi connectivity index (χ1v) is 4.16. The van der Waals surface area contributed by atoms with Crippen LogP contribution in [-0.2, 0) is 4.79 Å². The van der Waals surface area contributed by atoms with Gasteiger partial charge in [-0.1, -0.05) is 6.42 Å². The van der Waals surface area contributed by atoms with Crippen molar-refractivity contribution in [2.45, 2.75) is 32.3 Å². The maximum atomic E-state index is 10.8. The lowest BCUT2D eigenvalue weighted by Gasteiger charge is -2.25. The number of amides is 1. The molecule has 11 heavy (non-hydrogen) atoms. The summed E-state index contributed by atoms with van der Waals surface area (Å²) >= 11 is 0. The third kappa shape index (κ3) is 2.50. The number of carbonyl (C=O) groups excluding carboxylic acids is 1. The molecule has 0 radical (unpaired) electrons. The summed E-state index contributed by atoms with van der Waals surface area (Å²) < 4.78 is 0. The van der Waals surface area contributed by atoms with Crippen molar-refractivity contribution in [2.75, 3.05) is 6.54 Å². The zero-order valence-corrected chi connectivity index (χ0v) is 6.84. The first-order chi connectivity index (χ1) is 5.20. The van der Waals surface area contributed by atoms with Gasteiger partial charge >= 0.3 is 0 Å². The Morgan fingerprint density at radius 2 is 2.36 bits per heavy atom. The van der Waals surface area contributed by atoms with E-state index in [0.29, 0.717) is 5.92 Å². The molecule has 0 spiro atoms. The minimum Gasteiger partial charge on any atom is -0.384 e. The monoisotopic (exact) mass is 157 g/mol. The molecule has 0 saturated heterocycles. The molecule has 64 valence electrons. The summed E-state index contributed by atoms with van der Waals surface area (Å²) in [5, 5.41) is 11.5. The van der Waals surface area contributed by atoms with Crippen molar-refractivity contribution in [3.8, 4) is 0 Å². The van der Waals surface area contributed by atoms with Gasteiger partial charge in [-0.15, -0.1) is 0 Å². The van der Waals surface area contributed by atoms with Crippen LogP contribution in [0.5, 0.6) is 0 Å². The van der Waals surface area contributed by atoms with E-state index in [0.717, 1.165) is 6.54 Å². The molecule has 3 nitrogen and oxygen atoms in total. The summed E-state index contributed by atoms with van der Waals surface area (Å²) in [6.45, 7) is 2.22. The summed E-state index contributed by atoms with van der Waals surface area (Å²) in [7, 11) is 0. The third-order valence-electron chi connectivity index (χ3n) is 2.17. The van der Waals surface area contributed by atoms with Crippen molar-refractivity contribution in [1.82, 2.24) is 5.32 Å². The molecule has 0 heterocycles. The van der Waals surface area contributed by atoms with Gasteiger partial charge < -0.3 is 10.4 Å². The lowest BCUT2D eigenvalue weighted by molar-refractivity contribution is -0.128. The molecule has 1 aliphatic rings. The highest BCUT2D eigenvalue weighted by atomic mass is 16.3. The molecule has 0 aromatic carbocycles. The zero-order chi connectivity index (χ0) is 8.27. The Balaban J connectivity index is 2.06. The van der Waals surface area contributed by atoms with Gasteiger partial charge in [0.25, 0.3) is 0 Å². The molecule has 1 unspecified atom stereocenters. The Morgan fingerprint density at radius 1 is 1.73 bits per heavy atom. The van der Waals surface area contributed by atoms with Crippen LogP contribution in [0.25, 0.3) is 0 Å². The molecule has 0 aromatic rings. The summed E-state index contributed by atoms with van der Waals surface area (Å²) in [5.74, 6) is 0.412. The fourth-order valence-corrected chi connectivity index (χ4v) is 1.09. The van der Waals surface area contributed by atoms with Crippen molar-refractivity contribution in [3.63, 3.8) is 0 Å². The van der Waals surface area contributed by atoms with Crippen LogP contribution in [0, 0.1) is 5.92 Å². The SMILES string of the molecule is CC(O)C(=O)NCC1CCC1. The second kappa shape index (κ2) is 3.72. The van der Waals surface area contributed by atoms with Gasteiger partial charge in [0.2, 0.25) is 5.91 Å². The Kier molecular flexibility index (Phi) is 2.88. The number of rotatable bonds is 3. The van der Waals surface area contributed by atoms with E-state index in [1.54, 1.807) is 0 Å². The first-order valence-electron chi connectivity index (χ1n) is 4.16. The second-order valence-electron chi connectivity index (χ2n) is 3.22. The number of aliphatic hydroxyl groups excluding tert-OH is 1. The highest BCUT2D eigenvalue weighted by Gasteiger charge is 2.18. The molecule has 1 fully saturated rings. The van der Waals surface area contributed by atoms with E-state index in [-0.39, 0.29) is 5.91 Å². The van der Waals surface area contributed by atoms with Gasteiger partial charge in [0.05, 0.1) is 0 Å². The predicted octanol–water partition coefficient (Wildman–Crippen LogP) is 0.283. The largest absolute Gasteiger partial charge is 0.384 e. The van der Waals surface area contributed by atoms with Gasteiger partial charge in [-0.3, -0.25) is 4.79 Å². The van der Waals surface area contributed by atoms with Crippen LogP contribution >= 0.6 is 0 Å². The van der Waals surface area contributed by atoms with Crippen LogP contribution in [0.3, 0.4) is 0 Å². The van der Waals surface area contributed by atoms with Crippen LogP contribution in [0.1, 0.15) is 26.2 Å². The smallest absolute Gasteiger partial charge is 0.248 e. The Morgan fingerprint density at radius 3 is 2.73 bits per heavy atom. The van der Waals surface area contributed by atoms with Crippen LogP contribution in [0.15, 0.2) is 0 Å². The van der Waals surface area contributed by atoms with Gasteiger partial charge in [0.1, 0.15) is 6.10 Å². The lowest BCUT2D eigenvalue weighted by Crippen LogP contribution is -2.37. The number of nitrogens with one attached hydrogen (secondary N) is 1. The van der Waals surface area contributed by atoms with Crippen LogP contribution in [0.4, 0.5) is 0 Å². The number of hydrogen-bond donors (Lipinski definition) is 2. The number of hydrogen-bond acceptors (Lipinski definition) is 2. The number of carbonyl (C=O) groups is 1. The van der Waals surface area contributed by atoms with Crippen molar-refractivity contribution >= 4 is 5.91 Å². The normalized spacial score (nSPS) is 20.5. The average molecular weight is 157 g/mol. The molecule has 1 rings (SSSR count). The summed E-state index contributed by atoms with van der Waals surface area (Å²) in [4.78, 5) is 10.8. The summed E-state index contributed by atoms with van der Waals surface area (Å²) in [5.41, 5.74) is 0. The Hall–Kier alpha value is -0.570. The molecule has 1 atom stereocenters. The Bertz CT molecular complexity index is 141. The third-order valence-corrected chi connectivity index (χ3v) is 2.17. The molecular formula is C8H15NO2. The molecular weight excluding hydrogens is 142 g/mol. The lowest BCUT2D eigenvalue weighted by atomic mass is 9.85. The van der Waals surface area contributed by atoms with Gasteiger partial charge in [-0.05, 0) is 25.7 Å². The molecule has 1 saturated carbocycles. The molecule has 1 aliphatic carbocycles. The minimum atomic E-state index is -0.866. The predicted molar refractivity (Wildman–Crippen MR) is 42.0 cm³/mol. The van der Waals surface area contributed by atoms with Crippen molar-refractivity contribution in [2.24, 2.45) is 5.92 Å². The highest BCUT2D eigenvalue weighted by molar-refractivity contribution is 5.79. The van der Waals surface area contributed by atoms with E-state index in [1.807, 2.05) is 0 Å². The molecule has 0 bridgehead atoms. The van der Waals surface area contributed by atoms with Crippen molar-refractivity contribution in [3.05, 3.63) is 0 Å². The van der Waals surface area contributed by atoms with E-state index in [4.69, 9.17) is 5.11 Å². The quantitative estimate of drug-likeness (QED) is 0.618. The van der Waals surface area contributed by atoms with Crippen molar-refractivity contribution in [1.29, 1.82) is 0 Å². The van der Waals surface area contributed by atoms with Crippen LogP contribution < -0.4 is 5.32 Å². The second-order valence-corrected chi connectivity index (χ2v) is 3.22. The van der Waals surface area contributed by atoms with E-state index in [1.165, 1.54) is 26.2 Å². The molecule has 1 amide bonds. The van der Waals surface area contributed by atoms with Crippen LogP contribution in [0.2, 0.25) is 0 Å². The van der Waals surface area contributed by atoms with E-state index < -0.39 is 6.10 Å². The first kappa shape index (κ1) is 8.53. The van der Waals surface area contributed by atoms with Crippen molar-refractivity contribution < 1.29 is 9.90 Å². The molecule has 2 N–H and O–H groups in total. The summed E-state index contributed by atoms with van der Waals surface area (Å²) in [6.07, 6.45) is 2.87. The van der Waals surface area contributed by atoms with Gasteiger partial charge in [-0.2, -0.15) is 0 Å².